The van der Waals surface area contributed by atoms with Gasteiger partial charge in [-0.25, -0.2) is 4.98 Å². The highest BCUT2D eigenvalue weighted by atomic mass is 32.2. The van der Waals surface area contributed by atoms with Crippen molar-refractivity contribution >= 4 is 11.8 Å². The summed E-state index contributed by atoms with van der Waals surface area (Å²) in [7, 11) is 0. The second-order valence-electron chi connectivity index (χ2n) is 6.21. The largest absolute Gasteiger partial charge is 0.292 e. The summed E-state index contributed by atoms with van der Waals surface area (Å²) in [6, 6.07) is 15.7. The van der Waals surface area contributed by atoms with Gasteiger partial charge in [-0.05, 0) is 36.6 Å². The summed E-state index contributed by atoms with van der Waals surface area (Å²) in [5, 5.41) is 1.71. The fourth-order valence-corrected chi connectivity index (χ4v) is 3.85. The summed E-state index contributed by atoms with van der Waals surface area (Å²) in [6.07, 6.45) is 4.60. The van der Waals surface area contributed by atoms with E-state index in [9.17, 15) is 0 Å². The molecular weight excluding hydrogens is 288 g/mol. The van der Waals surface area contributed by atoms with E-state index >= 15 is 0 Å². The van der Waals surface area contributed by atoms with Crippen LogP contribution in [0, 0.1) is 0 Å². The van der Waals surface area contributed by atoms with E-state index in [1.165, 1.54) is 30.5 Å². The Kier molecular flexibility index (Phi) is 5.16. The molecule has 2 aromatic rings. The molecule has 2 heterocycles. The highest BCUT2D eigenvalue weighted by Crippen LogP contribution is 2.33. The molecule has 1 aliphatic rings. The van der Waals surface area contributed by atoms with Crippen LogP contribution in [0.15, 0.2) is 53.7 Å². The third kappa shape index (κ3) is 3.90. The third-order valence-corrected chi connectivity index (χ3v) is 5.05. The van der Waals surface area contributed by atoms with E-state index in [1.807, 2.05) is 11.8 Å². The Morgan fingerprint density at radius 1 is 1.18 bits per heavy atom. The van der Waals surface area contributed by atoms with Crippen LogP contribution in [0.3, 0.4) is 0 Å². The van der Waals surface area contributed by atoms with Crippen molar-refractivity contribution < 1.29 is 0 Å². The van der Waals surface area contributed by atoms with Crippen molar-refractivity contribution in [3.8, 4) is 0 Å². The van der Waals surface area contributed by atoms with Gasteiger partial charge in [-0.1, -0.05) is 50.2 Å². The second-order valence-corrected chi connectivity index (χ2v) is 7.81. The number of pyridine rings is 1. The number of likely N-dealkylation sites (tertiary alicyclic amines) is 1. The summed E-state index contributed by atoms with van der Waals surface area (Å²) < 4.78 is 0. The highest BCUT2D eigenvalue weighted by molar-refractivity contribution is 7.99. The molecule has 22 heavy (non-hydrogen) atoms. The van der Waals surface area contributed by atoms with E-state index in [0.29, 0.717) is 11.3 Å². The Morgan fingerprint density at radius 3 is 2.68 bits per heavy atom. The van der Waals surface area contributed by atoms with E-state index in [4.69, 9.17) is 0 Å². The molecule has 1 fully saturated rings. The molecule has 2 nitrogen and oxygen atoms in total. The van der Waals surface area contributed by atoms with Gasteiger partial charge in [0, 0.05) is 24.0 Å². The molecule has 1 aromatic heterocycles. The lowest BCUT2D eigenvalue weighted by molar-refractivity contribution is 0.248. The van der Waals surface area contributed by atoms with Gasteiger partial charge in [-0.15, -0.1) is 11.8 Å². The Labute approximate surface area is 138 Å². The Bertz CT molecular complexity index is 580. The molecule has 0 N–H and O–H groups in total. The maximum atomic E-state index is 4.64. The number of hydrogen-bond donors (Lipinski definition) is 0. The van der Waals surface area contributed by atoms with Gasteiger partial charge < -0.3 is 0 Å². The first-order chi connectivity index (χ1) is 10.7. The molecule has 0 amide bonds. The molecule has 0 bridgehead atoms. The van der Waals surface area contributed by atoms with Crippen molar-refractivity contribution in [1.82, 2.24) is 9.88 Å². The minimum absolute atomic E-state index is 0.519. The van der Waals surface area contributed by atoms with Crippen molar-refractivity contribution in [2.75, 3.05) is 6.54 Å². The molecule has 0 aliphatic carbocycles. The lowest BCUT2D eigenvalue weighted by Crippen LogP contribution is -2.22. The summed E-state index contributed by atoms with van der Waals surface area (Å²) in [5.74, 6) is 0. The molecule has 3 rings (SSSR count). The van der Waals surface area contributed by atoms with E-state index < -0.39 is 0 Å². The molecule has 1 aliphatic heterocycles. The predicted octanol–water partition coefficient (Wildman–Crippen LogP) is 4.92. The number of hydrogen-bond acceptors (Lipinski definition) is 3. The van der Waals surface area contributed by atoms with Crippen LogP contribution in [0.2, 0.25) is 0 Å². The monoisotopic (exact) mass is 312 g/mol. The lowest BCUT2D eigenvalue weighted by Gasteiger charge is -2.24. The van der Waals surface area contributed by atoms with Crippen LogP contribution in [0.5, 0.6) is 0 Å². The first kappa shape index (κ1) is 15.6. The van der Waals surface area contributed by atoms with Gasteiger partial charge in [0.2, 0.25) is 0 Å². The van der Waals surface area contributed by atoms with Crippen LogP contribution in [0.1, 0.15) is 43.9 Å². The normalized spacial score (nSPS) is 19.0. The van der Waals surface area contributed by atoms with Gasteiger partial charge in [0.15, 0.2) is 0 Å². The minimum Gasteiger partial charge on any atom is -0.292 e. The molecule has 1 saturated heterocycles. The van der Waals surface area contributed by atoms with Crippen LogP contribution >= 0.6 is 11.8 Å². The molecule has 3 heteroatoms. The number of benzene rings is 1. The zero-order valence-electron chi connectivity index (χ0n) is 13.4. The SMILES string of the molecule is CC(C)Sc1ccc(C2CCCN2Cc2ccccc2)cn1. The van der Waals surface area contributed by atoms with Crippen molar-refractivity contribution in [2.24, 2.45) is 0 Å². The second kappa shape index (κ2) is 7.30. The topological polar surface area (TPSA) is 16.1 Å². The Morgan fingerprint density at radius 2 is 2.00 bits per heavy atom. The average molecular weight is 312 g/mol. The van der Waals surface area contributed by atoms with Gasteiger partial charge in [0.25, 0.3) is 0 Å². The molecule has 116 valence electrons. The zero-order chi connectivity index (χ0) is 15.4. The number of nitrogens with zero attached hydrogens (tertiary/aromatic N) is 2. The third-order valence-electron chi connectivity index (χ3n) is 4.09. The van der Waals surface area contributed by atoms with Crippen LogP contribution in [-0.4, -0.2) is 21.7 Å². The molecular formula is C19H24N2S. The number of rotatable bonds is 5. The standard InChI is InChI=1S/C19H24N2S/c1-15(2)22-19-11-10-17(13-20-19)18-9-6-12-21(18)14-16-7-4-3-5-8-16/h3-5,7-8,10-11,13,15,18H,6,9,12,14H2,1-2H3. The fourth-order valence-electron chi connectivity index (χ4n) is 3.11. The smallest absolute Gasteiger partial charge is 0.0962 e. The van der Waals surface area contributed by atoms with Crippen molar-refractivity contribution in [2.45, 2.75) is 49.6 Å². The van der Waals surface area contributed by atoms with Gasteiger partial charge >= 0.3 is 0 Å². The molecule has 0 saturated carbocycles. The van der Waals surface area contributed by atoms with E-state index in [2.05, 4.69) is 72.4 Å². The summed E-state index contributed by atoms with van der Waals surface area (Å²) in [4.78, 5) is 7.23. The van der Waals surface area contributed by atoms with Gasteiger partial charge in [-0.3, -0.25) is 4.90 Å². The number of thioether (sulfide) groups is 1. The summed E-state index contributed by atoms with van der Waals surface area (Å²) >= 11 is 1.83. The van der Waals surface area contributed by atoms with Crippen LogP contribution in [0.25, 0.3) is 0 Å². The first-order valence-electron chi connectivity index (χ1n) is 8.13. The maximum Gasteiger partial charge on any atom is 0.0962 e. The Hall–Kier alpha value is -1.32. The Balaban J connectivity index is 1.70. The fraction of sp³-hybridized carbons (Fsp3) is 0.421. The van der Waals surface area contributed by atoms with E-state index in [0.717, 1.165) is 11.6 Å². The predicted molar refractivity (Wildman–Crippen MR) is 94.1 cm³/mol. The first-order valence-corrected chi connectivity index (χ1v) is 9.01. The lowest BCUT2D eigenvalue weighted by atomic mass is 10.1. The van der Waals surface area contributed by atoms with Crippen molar-refractivity contribution in [1.29, 1.82) is 0 Å². The highest BCUT2D eigenvalue weighted by Gasteiger charge is 2.26. The quantitative estimate of drug-likeness (QED) is 0.729. The van der Waals surface area contributed by atoms with E-state index in [-0.39, 0.29) is 0 Å². The summed E-state index contributed by atoms with van der Waals surface area (Å²) in [5.41, 5.74) is 2.76. The van der Waals surface area contributed by atoms with Crippen molar-refractivity contribution in [3.05, 3.63) is 59.8 Å². The molecule has 1 atom stereocenters. The molecule has 1 unspecified atom stereocenters. The maximum absolute atomic E-state index is 4.64. The van der Waals surface area contributed by atoms with E-state index in [1.54, 1.807) is 0 Å². The van der Waals surface area contributed by atoms with Crippen molar-refractivity contribution in [3.63, 3.8) is 0 Å². The molecule has 0 radical (unpaired) electrons. The summed E-state index contributed by atoms with van der Waals surface area (Å²) in [6.45, 7) is 6.63. The van der Waals surface area contributed by atoms with Crippen LogP contribution < -0.4 is 0 Å². The minimum atomic E-state index is 0.519. The van der Waals surface area contributed by atoms with Crippen LogP contribution in [0.4, 0.5) is 0 Å². The van der Waals surface area contributed by atoms with Crippen LogP contribution in [-0.2, 0) is 6.54 Å². The zero-order valence-corrected chi connectivity index (χ0v) is 14.2. The molecule has 0 spiro atoms. The molecule has 1 aromatic carbocycles. The number of aromatic nitrogens is 1. The van der Waals surface area contributed by atoms with Gasteiger partial charge in [0.05, 0.1) is 5.03 Å². The van der Waals surface area contributed by atoms with Gasteiger partial charge in [-0.2, -0.15) is 0 Å². The van der Waals surface area contributed by atoms with Gasteiger partial charge in [0.1, 0.15) is 0 Å². The average Bonchev–Trinajstić information content (AvgIpc) is 2.97.